The van der Waals surface area contributed by atoms with Gasteiger partial charge in [0.2, 0.25) is 11.8 Å². The Balaban J connectivity index is 1.39. The van der Waals surface area contributed by atoms with Crippen LogP contribution in [-0.2, 0) is 21.5 Å². The Morgan fingerprint density at radius 3 is 2.62 bits per heavy atom. The van der Waals surface area contributed by atoms with Crippen LogP contribution in [0.25, 0.3) is 0 Å². The number of nitrogens with one attached hydrogen (secondary N) is 1. The summed E-state index contributed by atoms with van der Waals surface area (Å²) < 4.78 is 14.5. The number of likely N-dealkylation sites (tertiary alicyclic amines) is 1. The lowest BCUT2D eigenvalue weighted by Crippen LogP contribution is -2.42. The molecule has 5 nitrogen and oxygen atoms in total. The summed E-state index contributed by atoms with van der Waals surface area (Å²) in [5.41, 5.74) is 1.35. The van der Waals surface area contributed by atoms with Crippen LogP contribution in [0.4, 0.5) is 4.39 Å². The number of carbonyl (C=O) groups is 2. The van der Waals surface area contributed by atoms with E-state index in [1.807, 2.05) is 24.3 Å². The second-order valence-electron chi connectivity index (χ2n) is 8.22. The van der Waals surface area contributed by atoms with Crippen molar-refractivity contribution in [2.75, 3.05) is 13.1 Å². The summed E-state index contributed by atoms with van der Waals surface area (Å²) in [5, 5.41) is 3.04. The van der Waals surface area contributed by atoms with Crippen LogP contribution in [0.5, 0.6) is 0 Å². The van der Waals surface area contributed by atoms with Crippen molar-refractivity contribution in [2.24, 2.45) is 5.92 Å². The first-order valence-corrected chi connectivity index (χ1v) is 10.3. The van der Waals surface area contributed by atoms with Gasteiger partial charge in [0.15, 0.2) is 0 Å². The molecule has 2 heterocycles. The fourth-order valence-corrected chi connectivity index (χ4v) is 4.69. The van der Waals surface area contributed by atoms with Gasteiger partial charge < -0.3 is 10.2 Å². The number of hydrogen-bond donors (Lipinski definition) is 1. The number of rotatable bonds is 6. The summed E-state index contributed by atoms with van der Waals surface area (Å²) in [6.45, 7) is 1.33. The molecule has 152 valence electrons. The van der Waals surface area contributed by atoms with Crippen molar-refractivity contribution >= 4 is 11.8 Å². The minimum Gasteiger partial charge on any atom is -0.355 e. The standard InChI is InChI=1S/C23H26FN3O2/c24-20-6-2-1-5-19(20)23(9-3-4-10-23)16-26-22(29)18-13-21(28)27(15-18)14-17-7-11-25-12-8-17/h1-2,5-8,11-12,18H,3-4,9-10,13-16H2,(H,26,29)/t18-/m0/s1. The fraction of sp³-hybridized carbons (Fsp3) is 0.435. The molecule has 1 aromatic carbocycles. The normalized spacial score (nSPS) is 20.8. The topological polar surface area (TPSA) is 62.3 Å². The van der Waals surface area contributed by atoms with Crippen molar-refractivity contribution in [2.45, 2.75) is 44.1 Å². The highest BCUT2D eigenvalue weighted by atomic mass is 19.1. The molecule has 1 aliphatic heterocycles. The van der Waals surface area contributed by atoms with E-state index in [0.717, 1.165) is 31.2 Å². The third-order valence-corrected chi connectivity index (χ3v) is 6.31. The molecule has 2 aliphatic rings. The van der Waals surface area contributed by atoms with Gasteiger partial charge in [0, 0.05) is 43.9 Å². The lowest BCUT2D eigenvalue weighted by molar-refractivity contribution is -0.129. The molecule has 29 heavy (non-hydrogen) atoms. The van der Waals surface area contributed by atoms with Crippen molar-refractivity contribution in [3.63, 3.8) is 0 Å². The number of nitrogens with zero attached hydrogens (tertiary/aromatic N) is 2. The molecule has 1 saturated carbocycles. The highest BCUT2D eigenvalue weighted by Gasteiger charge is 2.39. The minimum absolute atomic E-state index is 0.00774. The van der Waals surface area contributed by atoms with Gasteiger partial charge >= 0.3 is 0 Å². The van der Waals surface area contributed by atoms with Crippen molar-refractivity contribution in [3.8, 4) is 0 Å². The Labute approximate surface area is 170 Å². The Morgan fingerprint density at radius 1 is 1.17 bits per heavy atom. The number of benzene rings is 1. The van der Waals surface area contributed by atoms with E-state index in [1.165, 1.54) is 6.07 Å². The first kappa shape index (κ1) is 19.6. The number of amides is 2. The number of halogens is 1. The second kappa shape index (κ2) is 8.31. The first-order valence-electron chi connectivity index (χ1n) is 10.3. The highest BCUT2D eigenvalue weighted by molar-refractivity contribution is 5.89. The van der Waals surface area contributed by atoms with E-state index >= 15 is 0 Å². The molecule has 0 spiro atoms. The van der Waals surface area contributed by atoms with Gasteiger partial charge in [0.1, 0.15) is 5.82 Å². The summed E-state index contributed by atoms with van der Waals surface area (Å²) in [6, 6.07) is 10.6. The number of carbonyl (C=O) groups excluding carboxylic acids is 2. The van der Waals surface area contributed by atoms with E-state index < -0.39 is 0 Å². The quantitative estimate of drug-likeness (QED) is 0.817. The zero-order valence-corrected chi connectivity index (χ0v) is 16.4. The first-order chi connectivity index (χ1) is 14.1. The van der Waals surface area contributed by atoms with Gasteiger partial charge in [-0.1, -0.05) is 31.0 Å². The maximum atomic E-state index is 14.5. The van der Waals surface area contributed by atoms with E-state index in [-0.39, 0.29) is 35.4 Å². The molecule has 1 aliphatic carbocycles. The third kappa shape index (κ3) is 4.16. The van der Waals surface area contributed by atoms with E-state index in [1.54, 1.807) is 23.4 Å². The average Bonchev–Trinajstić information content (AvgIpc) is 3.35. The van der Waals surface area contributed by atoms with Crippen molar-refractivity contribution in [1.29, 1.82) is 0 Å². The van der Waals surface area contributed by atoms with Crippen LogP contribution in [0.1, 0.15) is 43.2 Å². The van der Waals surface area contributed by atoms with E-state index in [0.29, 0.717) is 25.2 Å². The number of pyridine rings is 1. The zero-order chi connectivity index (χ0) is 20.3. The summed E-state index contributed by atoms with van der Waals surface area (Å²) in [5.74, 6) is -0.684. The largest absolute Gasteiger partial charge is 0.355 e. The van der Waals surface area contributed by atoms with Crippen molar-refractivity contribution in [3.05, 3.63) is 65.7 Å². The molecule has 1 aromatic heterocycles. The van der Waals surface area contributed by atoms with Crippen LogP contribution >= 0.6 is 0 Å². The molecule has 0 radical (unpaired) electrons. The van der Waals surface area contributed by atoms with Crippen molar-refractivity contribution in [1.82, 2.24) is 15.2 Å². The van der Waals surface area contributed by atoms with Gasteiger partial charge in [0.25, 0.3) is 0 Å². The minimum atomic E-state index is -0.358. The molecule has 2 amide bonds. The fourth-order valence-electron chi connectivity index (χ4n) is 4.69. The Kier molecular flexibility index (Phi) is 5.60. The van der Waals surface area contributed by atoms with Crippen molar-refractivity contribution < 1.29 is 14.0 Å². The van der Waals surface area contributed by atoms with E-state index in [2.05, 4.69) is 10.3 Å². The molecule has 1 saturated heterocycles. The van der Waals surface area contributed by atoms with Crippen LogP contribution < -0.4 is 5.32 Å². The summed E-state index contributed by atoms with van der Waals surface area (Å²) in [4.78, 5) is 30.9. The lowest BCUT2D eigenvalue weighted by Gasteiger charge is -2.30. The van der Waals surface area contributed by atoms with Crippen LogP contribution in [0.2, 0.25) is 0 Å². The highest BCUT2D eigenvalue weighted by Crippen LogP contribution is 2.41. The lowest BCUT2D eigenvalue weighted by atomic mass is 9.78. The van der Waals surface area contributed by atoms with Crippen LogP contribution in [0.15, 0.2) is 48.8 Å². The smallest absolute Gasteiger partial charge is 0.225 e. The molecule has 2 fully saturated rings. The van der Waals surface area contributed by atoms with Gasteiger partial charge in [0.05, 0.1) is 5.92 Å². The van der Waals surface area contributed by atoms with E-state index in [4.69, 9.17) is 0 Å². The Morgan fingerprint density at radius 2 is 1.90 bits per heavy atom. The van der Waals surface area contributed by atoms with E-state index in [9.17, 15) is 14.0 Å². The maximum Gasteiger partial charge on any atom is 0.225 e. The predicted octanol–water partition coefficient (Wildman–Crippen LogP) is 3.20. The van der Waals surface area contributed by atoms with Gasteiger partial charge in [-0.05, 0) is 42.2 Å². The van der Waals surface area contributed by atoms with Gasteiger partial charge in [-0.2, -0.15) is 0 Å². The summed E-state index contributed by atoms with van der Waals surface area (Å²) in [7, 11) is 0. The summed E-state index contributed by atoms with van der Waals surface area (Å²) >= 11 is 0. The SMILES string of the molecule is O=C(NCC1(c2ccccc2F)CCCC1)[C@H]1CC(=O)N(Cc2ccncc2)C1. The monoisotopic (exact) mass is 395 g/mol. The van der Waals surface area contributed by atoms with Crippen LogP contribution in [0.3, 0.4) is 0 Å². The second-order valence-corrected chi connectivity index (χ2v) is 8.22. The number of aromatic nitrogens is 1. The molecule has 1 N–H and O–H groups in total. The van der Waals surface area contributed by atoms with Crippen LogP contribution in [0, 0.1) is 11.7 Å². The molecule has 6 heteroatoms. The molecular weight excluding hydrogens is 369 g/mol. The zero-order valence-electron chi connectivity index (χ0n) is 16.4. The maximum absolute atomic E-state index is 14.5. The molecular formula is C23H26FN3O2. The van der Waals surface area contributed by atoms with Gasteiger partial charge in [-0.3, -0.25) is 14.6 Å². The third-order valence-electron chi connectivity index (χ3n) is 6.31. The predicted molar refractivity (Wildman–Crippen MR) is 107 cm³/mol. The number of hydrogen-bond acceptors (Lipinski definition) is 3. The van der Waals surface area contributed by atoms with Crippen LogP contribution in [-0.4, -0.2) is 34.8 Å². The Hall–Kier alpha value is -2.76. The van der Waals surface area contributed by atoms with Gasteiger partial charge in [-0.25, -0.2) is 4.39 Å². The summed E-state index contributed by atoms with van der Waals surface area (Å²) in [6.07, 6.45) is 7.42. The van der Waals surface area contributed by atoms with Gasteiger partial charge in [-0.15, -0.1) is 0 Å². The average molecular weight is 395 g/mol. The molecule has 2 aromatic rings. The molecule has 4 rings (SSSR count). The Bertz CT molecular complexity index is 881. The molecule has 0 bridgehead atoms. The molecule has 0 unspecified atom stereocenters. The molecule has 1 atom stereocenters.